The van der Waals surface area contributed by atoms with Crippen molar-refractivity contribution in [2.75, 3.05) is 18.0 Å². The Hall–Kier alpha value is -3.75. The van der Waals surface area contributed by atoms with Crippen LogP contribution in [0.2, 0.25) is 0 Å². The number of aromatic nitrogens is 3. The molecule has 0 atom stereocenters. The van der Waals surface area contributed by atoms with Crippen molar-refractivity contribution >= 4 is 17.3 Å². The van der Waals surface area contributed by atoms with E-state index in [9.17, 15) is 18.0 Å². The van der Waals surface area contributed by atoms with Crippen molar-refractivity contribution in [3.05, 3.63) is 82.9 Å². The summed E-state index contributed by atoms with van der Waals surface area (Å²) in [4.78, 5) is 26.8. The third-order valence-corrected chi connectivity index (χ3v) is 5.89. The maximum atomic E-state index is 12.5. The van der Waals surface area contributed by atoms with E-state index >= 15 is 0 Å². The molecule has 1 aliphatic rings. The van der Waals surface area contributed by atoms with E-state index in [1.54, 1.807) is 19.1 Å². The number of nitrogens with zero attached hydrogens (tertiary/aromatic N) is 4. The van der Waals surface area contributed by atoms with E-state index in [1.165, 1.54) is 18.5 Å². The zero-order valence-corrected chi connectivity index (χ0v) is 19.5. The van der Waals surface area contributed by atoms with Crippen LogP contribution in [-0.4, -0.2) is 40.2 Å². The second-order valence-electron chi connectivity index (χ2n) is 8.46. The highest BCUT2D eigenvalue weighted by Gasteiger charge is 2.31. The maximum Gasteiger partial charge on any atom is 0.573 e. The molecule has 1 aliphatic heterocycles. The number of anilines is 1. The van der Waals surface area contributed by atoms with Gasteiger partial charge in [-0.15, -0.1) is 13.2 Å². The Bertz CT molecular complexity index is 1260. The number of hydrogen-bond donors (Lipinski definition) is 0. The summed E-state index contributed by atoms with van der Waals surface area (Å²) in [6.07, 6.45) is 0.283. The van der Waals surface area contributed by atoms with Crippen LogP contribution in [0.4, 0.5) is 19.1 Å². The number of halogens is 3. The van der Waals surface area contributed by atoms with E-state index in [0.29, 0.717) is 49.7 Å². The summed E-state index contributed by atoms with van der Waals surface area (Å²) in [5.41, 5.74) is 4.77. The average molecular weight is 483 g/mol. The molecule has 3 aromatic rings. The van der Waals surface area contributed by atoms with Crippen molar-refractivity contribution in [1.82, 2.24) is 15.0 Å². The number of carbonyl (C=O) groups excluding carboxylic acids is 1. The fraction of sp³-hybridized carbons (Fsp3) is 0.308. The summed E-state index contributed by atoms with van der Waals surface area (Å²) in [6, 6.07) is 11.9. The first-order valence-electron chi connectivity index (χ1n) is 11.2. The molecule has 0 fully saturated rings. The van der Waals surface area contributed by atoms with Gasteiger partial charge in [-0.3, -0.25) is 4.79 Å². The van der Waals surface area contributed by atoms with Crippen LogP contribution in [0.5, 0.6) is 5.75 Å². The number of alkyl halides is 3. The van der Waals surface area contributed by atoms with E-state index < -0.39 is 6.36 Å². The van der Waals surface area contributed by atoms with E-state index in [1.807, 2.05) is 36.1 Å². The molecule has 0 radical (unpaired) electrons. The molecular weight excluding hydrogens is 457 g/mol. The van der Waals surface area contributed by atoms with Gasteiger partial charge in [-0.2, -0.15) is 4.98 Å². The molecule has 0 spiro atoms. The molecule has 9 heteroatoms. The molecular formula is C26H25F3N4O2. The third kappa shape index (κ3) is 6.44. The molecule has 1 aromatic heterocycles. The Morgan fingerprint density at radius 1 is 1.11 bits per heavy atom. The fourth-order valence-corrected chi connectivity index (χ4v) is 4.12. The molecule has 2 heterocycles. The third-order valence-electron chi connectivity index (χ3n) is 5.89. The Balaban J connectivity index is 1.46. The molecule has 0 saturated carbocycles. The Morgan fingerprint density at radius 3 is 2.60 bits per heavy atom. The quantitative estimate of drug-likeness (QED) is 0.467. The van der Waals surface area contributed by atoms with Crippen molar-refractivity contribution in [3.63, 3.8) is 0 Å². The topological polar surface area (TPSA) is 68.2 Å². The molecule has 0 N–H and O–H groups in total. The first-order valence-corrected chi connectivity index (χ1v) is 11.2. The van der Waals surface area contributed by atoms with Gasteiger partial charge in [-0.25, -0.2) is 9.97 Å². The molecule has 2 aromatic carbocycles. The SMILES string of the molecule is CC(=O)Cc1cccc(Cc2ncnc(N3CC=C(c4cccc(OC(F)(F)F)c4)CC3)n2)c1C. The smallest absolute Gasteiger partial charge is 0.406 e. The minimum atomic E-state index is -4.72. The second-order valence-corrected chi connectivity index (χ2v) is 8.46. The van der Waals surface area contributed by atoms with Gasteiger partial charge in [0, 0.05) is 25.9 Å². The van der Waals surface area contributed by atoms with Crippen LogP contribution < -0.4 is 9.64 Å². The highest BCUT2D eigenvalue weighted by atomic mass is 19.4. The van der Waals surface area contributed by atoms with Gasteiger partial charge in [-0.05, 0) is 60.2 Å². The minimum Gasteiger partial charge on any atom is -0.406 e. The molecule has 0 saturated heterocycles. The van der Waals surface area contributed by atoms with Gasteiger partial charge < -0.3 is 9.64 Å². The lowest BCUT2D eigenvalue weighted by Crippen LogP contribution is -2.30. The summed E-state index contributed by atoms with van der Waals surface area (Å²) in [5, 5.41) is 0. The lowest BCUT2D eigenvalue weighted by Gasteiger charge is -2.26. The molecule has 4 rings (SSSR count). The summed E-state index contributed by atoms with van der Waals surface area (Å²) in [5.74, 6) is 1.06. The largest absolute Gasteiger partial charge is 0.573 e. The predicted octanol–water partition coefficient (Wildman–Crippen LogP) is 5.09. The van der Waals surface area contributed by atoms with E-state index in [4.69, 9.17) is 0 Å². The Morgan fingerprint density at radius 2 is 1.89 bits per heavy atom. The van der Waals surface area contributed by atoms with Crippen LogP contribution in [0.15, 0.2) is 54.9 Å². The van der Waals surface area contributed by atoms with Crippen LogP contribution in [0.25, 0.3) is 5.57 Å². The van der Waals surface area contributed by atoms with Crippen molar-refractivity contribution in [1.29, 1.82) is 0 Å². The number of benzene rings is 2. The zero-order valence-electron chi connectivity index (χ0n) is 19.5. The van der Waals surface area contributed by atoms with Crippen LogP contribution in [-0.2, 0) is 17.6 Å². The van der Waals surface area contributed by atoms with Crippen molar-refractivity contribution < 1.29 is 22.7 Å². The van der Waals surface area contributed by atoms with Crippen molar-refractivity contribution in [2.24, 2.45) is 0 Å². The Kier molecular flexibility index (Phi) is 7.14. The lowest BCUT2D eigenvalue weighted by molar-refractivity contribution is -0.274. The van der Waals surface area contributed by atoms with Crippen LogP contribution >= 0.6 is 0 Å². The van der Waals surface area contributed by atoms with Crippen LogP contribution in [0.3, 0.4) is 0 Å². The molecule has 0 unspecified atom stereocenters. The van der Waals surface area contributed by atoms with Crippen LogP contribution in [0, 0.1) is 6.92 Å². The standard InChI is InChI=1S/C26H25F3N4O2/c1-17(34)13-20-5-3-6-21(18(20)2)15-24-30-16-31-25(32-24)33-11-9-19(10-12-33)22-7-4-8-23(14-22)35-26(27,28)29/h3-9,14,16H,10-13,15H2,1-2H3. The molecule has 182 valence electrons. The number of rotatable bonds is 7. The molecule has 0 amide bonds. The Labute approximate surface area is 201 Å². The lowest BCUT2D eigenvalue weighted by atomic mass is 9.97. The number of Topliss-reactive ketones (excluding diaryl/α,β-unsaturated/α-hetero) is 1. The van der Waals surface area contributed by atoms with Crippen molar-refractivity contribution in [2.45, 2.75) is 39.5 Å². The van der Waals surface area contributed by atoms with Crippen LogP contribution in [0.1, 0.15) is 41.4 Å². The van der Waals surface area contributed by atoms with Gasteiger partial charge in [0.25, 0.3) is 0 Å². The summed E-state index contributed by atoms with van der Waals surface area (Å²) in [6.45, 7) is 4.72. The van der Waals surface area contributed by atoms with Gasteiger partial charge in [-0.1, -0.05) is 36.4 Å². The molecule has 0 aliphatic carbocycles. The van der Waals surface area contributed by atoms with Crippen molar-refractivity contribution in [3.8, 4) is 5.75 Å². The molecule has 6 nitrogen and oxygen atoms in total. The second kappa shape index (κ2) is 10.2. The summed E-state index contributed by atoms with van der Waals surface area (Å²) in [7, 11) is 0. The minimum absolute atomic E-state index is 0.116. The highest BCUT2D eigenvalue weighted by molar-refractivity contribution is 5.78. The predicted molar refractivity (Wildman–Crippen MR) is 126 cm³/mol. The first-order chi connectivity index (χ1) is 16.7. The molecule has 35 heavy (non-hydrogen) atoms. The van der Waals surface area contributed by atoms with E-state index in [0.717, 1.165) is 22.3 Å². The normalized spacial score (nSPS) is 14.0. The van der Waals surface area contributed by atoms with Gasteiger partial charge in [0.2, 0.25) is 5.95 Å². The first kappa shape index (κ1) is 24.4. The summed E-state index contributed by atoms with van der Waals surface area (Å²) >= 11 is 0. The average Bonchev–Trinajstić information content (AvgIpc) is 2.81. The summed E-state index contributed by atoms with van der Waals surface area (Å²) < 4.78 is 41.7. The monoisotopic (exact) mass is 482 g/mol. The van der Waals surface area contributed by atoms with Gasteiger partial charge in [0.1, 0.15) is 23.7 Å². The number of carbonyl (C=O) groups is 1. The number of ether oxygens (including phenoxy) is 1. The van der Waals surface area contributed by atoms with Gasteiger partial charge >= 0.3 is 6.36 Å². The maximum absolute atomic E-state index is 12.5. The fourth-order valence-electron chi connectivity index (χ4n) is 4.12. The van der Waals surface area contributed by atoms with Gasteiger partial charge in [0.05, 0.1) is 0 Å². The zero-order chi connectivity index (χ0) is 25.0. The number of hydrogen-bond acceptors (Lipinski definition) is 6. The van der Waals surface area contributed by atoms with E-state index in [-0.39, 0.29) is 11.5 Å². The van der Waals surface area contributed by atoms with E-state index in [2.05, 4.69) is 19.7 Å². The number of ketones is 1. The molecule has 0 bridgehead atoms. The highest BCUT2D eigenvalue weighted by Crippen LogP contribution is 2.29. The van der Waals surface area contributed by atoms with Gasteiger partial charge in [0.15, 0.2) is 0 Å².